The SMILES string of the molecule is CC(=O)OC1O[C@H](COC(=O)c2cccc(C(F)(F)F)c2)[C@@H](OC(=O)c2cccc(C(F)(F)F)c2)[C@H]1OC(=O)c1cccc(C(F)(F)F)c1. The average molecular weight is 708 g/mol. The lowest BCUT2D eigenvalue weighted by Gasteiger charge is -2.24. The van der Waals surface area contributed by atoms with E-state index in [0.29, 0.717) is 36.4 Å². The van der Waals surface area contributed by atoms with Crippen LogP contribution in [0.2, 0.25) is 0 Å². The van der Waals surface area contributed by atoms with E-state index in [4.69, 9.17) is 23.7 Å². The fourth-order valence-corrected chi connectivity index (χ4v) is 4.44. The zero-order valence-corrected chi connectivity index (χ0v) is 24.5. The number of carbonyl (C=O) groups is 4. The Labute approximate surface area is 269 Å². The van der Waals surface area contributed by atoms with Crippen molar-refractivity contribution in [1.29, 1.82) is 0 Å². The van der Waals surface area contributed by atoms with Crippen LogP contribution in [0.25, 0.3) is 0 Å². The van der Waals surface area contributed by atoms with Gasteiger partial charge < -0.3 is 23.7 Å². The van der Waals surface area contributed by atoms with Crippen molar-refractivity contribution in [3.8, 4) is 0 Å². The van der Waals surface area contributed by atoms with E-state index in [-0.39, 0.29) is 0 Å². The highest BCUT2D eigenvalue weighted by molar-refractivity contribution is 5.91. The van der Waals surface area contributed by atoms with Crippen LogP contribution in [0.5, 0.6) is 0 Å². The lowest BCUT2D eigenvalue weighted by molar-refractivity contribution is -0.188. The van der Waals surface area contributed by atoms with Gasteiger partial charge in [-0.1, -0.05) is 18.2 Å². The topological polar surface area (TPSA) is 114 Å². The Morgan fingerprint density at radius 3 is 1.37 bits per heavy atom. The van der Waals surface area contributed by atoms with Gasteiger partial charge in [-0.2, -0.15) is 39.5 Å². The molecule has 1 aliphatic rings. The summed E-state index contributed by atoms with van der Waals surface area (Å²) >= 11 is 0. The molecule has 262 valence electrons. The third-order valence-corrected chi connectivity index (χ3v) is 6.69. The standard InChI is InChI=1S/C31H21F9O9/c1-15(41)46-28-24(49-27(44)18-7-4-10-21(13-18)31(38,39)40)23(48-26(43)17-6-3-9-20(12-17)30(35,36)37)22(47-28)14-45-25(42)16-5-2-8-19(11-16)29(32,33)34/h2-13,22-24,28H,14H2,1H3/t22-,23-,24-,28?/m1/s1. The van der Waals surface area contributed by atoms with Gasteiger partial charge in [0.05, 0.1) is 33.4 Å². The average Bonchev–Trinajstić information content (AvgIpc) is 3.32. The molecule has 9 nitrogen and oxygen atoms in total. The zero-order chi connectivity index (χ0) is 36.3. The van der Waals surface area contributed by atoms with E-state index in [0.717, 1.165) is 43.3 Å². The maximum atomic E-state index is 13.3. The van der Waals surface area contributed by atoms with Gasteiger partial charge in [0.15, 0.2) is 6.10 Å². The summed E-state index contributed by atoms with van der Waals surface area (Å²) in [6, 6.07) is 8.71. The van der Waals surface area contributed by atoms with Crippen molar-refractivity contribution < 1.29 is 82.4 Å². The summed E-state index contributed by atoms with van der Waals surface area (Å²) in [4.78, 5) is 50.6. The number of rotatable bonds is 8. The van der Waals surface area contributed by atoms with E-state index in [1.54, 1.807) is 0 Å². The molecule has 0 amide bonds. The molecular formula is C31H21F9O9. The molecule has 1 unspecified atom stereocenters. The number of hydrogen-bond acceptors (Lipinski definition) is 9. The van der Waals surface area contributed by atoms with Crippen LogP contribution >= 0.6 is 0 Å². The minimum absolute atomic E-state index is 0.411. The van der Waals surface area contributed by atoms with Crippen molar-refractivity contribution in [3.05, 3.63) is 106 Å². The number of esters is 4. The van der Waals surface area contributed by atoms with Gasteiger partial charge in [-0.25, -0.2) is 14.4 Å². The highest BCUT2D eigenvalue weighted by Crippen LogP contribution is 2.34. The first-order valence-electron chi connectivity index (χ1n) is 13.7. The van der Waals surface area contributed by atoms with Crippen LogP contribution in [0.1, 0.15) is 54.7 Å². The van der Waals surface area contributed by atoms with E-state index < -0.39 is 107 Å². The van der Waals surface area contributed by atoms with E-state index in [2.05, 4.69) is 0 Å². The highest BCUT2D eigenvalue weighted by atomic mass is 19.4. The molecule has 0 aromatic heterocycles. The van der Waals surface area contributed by atoms with Crippen LogP contribution in [0, 0.1) is 0 Å². The summed E-state index contributed by atoms with van der Waals surface area (Å²) in [6.45, 7) is -0.134. The van der Waals surface area contributed by atoms with E-state index in [1.807, 2.05) is 0 Å². The Bertz CT molecular complexity index is 1720. The molecule has 3 aromatic rings. The molecule has 1 saturated heterocycles. The van der Waals surface area contributed by atoms with E-state index in [1.165, 1.54) is 0 Å². The fraction of sp³-hybridized carbons (Fsp3) is 0.290. The zero-order valence-electron chi connectivity index (χ0n) is 24.5. The molecule has 4 rings (SSSR count). The minimum Gasteiger partial charge on any atom is -0.459 e. The van der Waals surface area contributed by atoms with Gasteiger partial charge in [-0.3, -0.25) is 4.79 Å². The number of hydrogen-bond donors (Lipinski definition) is 0. The maximum absolute atomic E-state index is 13.3. The minimum atomic E-state index is -4.89. The molecule has 0 aliphatic carbocycles. The lowest BCUT2D eigenvalue weighted by Crippen LogP contribution is -2.42. The van der Waals surface area contributed by atoms with Crippen LogP contribution in [-0.4, -0.2) is 55.1 Å². The summed E-state index contributed by atoms with van der Waals surface area (Å²) in [5.41, 5.74) is -5.68. The molecule has 4 atom stereocenters. The lowest BCUT2D eigenvalue weighted by atomic mass is 10.1. The van der Waals surface area contributed by atoms with Gasteiger partial charge in [0.25, 0.3) is 0 Å². The first-order chi connectivity index (χ1) is 22.7. The molecule has 1 aliphatic heterocycles. The Morgan fingerprint density at radius 1 is 0.592 bits per heavy atom. The van der Waals surface area contributed by atoms with Crippen molar-refractivity contribution in [2.75, 3.05) is 6.61 Å². The molecule has 49 heavy (non-hydrogen) atoms. The number of carbonyl (C=O) groups excluding carboxylic acids is 4. The largest absolute Gasteiger partial charge is 0.459 e. The second kappa shape index (κ2) is 14.2. The van der Waals surface area contributed by atoms with Crippen LogP contribution in [0.4, 0.5) is 39.5 Å². The molecule has 1 heterocycles. The molecule has 3 aromatic carbocycles. The summed E-state index contributed by atoms with van der Waals surface area (Å²) < 4.78 is 145. The molecule has 0 N–H and O–H groups in total. The molecular weight excluding hydrogens is 687 g/mol. The Morgan fingerprint density at radius 2 is 0.980 bits per heavy atom. The predicted octanol–water partition coefficient (Wildman–Crippen LogP) is 6.64. The van der Waals surface area contributed by atoms with Gasteiger partial charge in [0.2, 0.25) is 12.4 Å². The van der Waals surface area contributed by atoms with E-state index in [9.17, 15) is 58.7 Å². The second-order valence-corrected chi connectivity index (χ2v) is 10.2. The van der Waals surface area contributed by atoms with Crippen molar-refractivity contribution in [2.24, 2.45) is 0 Å². The molecule has 0 radical (unpaired) electrons. The summed E-state index contributed by atoms with van der Waals surface area (Å²) in [6.07, 6.45) is -22.4. The summed E-state index contributed by atoms with van der Waals surface area (Å²) in [5, 5.41) is 0. The number of halogens is 9. The molecule has 1 fully saturated rings. The van der Waals surface area contributed by atoms with Gasteiger partial charge in [-0.15, -0.1) is 0 Å². The maximum Gasteiger partial charge on any atom is 0.416 e. The Kier molecular flexibility index (Phi) is 10.6. The first-order valence-corrected chi connectivity index (χ1v) is 13.7. The quantitative estimate of drug-likeness (QED) is 0.144. The highest BCUT2D eigenvalue weighted by Gasteiger charge is 2.52. The van der Waals surface area contributed by atoms with Crippen molar-refractivity contribution >= 4 is 23.9 Å². The van der Waals surface area contributed by atoms with Crippen molar-refractivity contribution in [2.45, 2.75) is 50.1 Å². The Balaban J connectivity index is 1.66. The van der Waals surface area contributed by atoms with Crippen LogP contribution in [-0.2, 0) is 47.0 Å². The third kappa shape index (κ3) is 9.27. The van der Waals surface area contributed by atoms with E-state index >= 15 is 0 Å². The third-order valence-electron chi connectivity index (χ3n) is 6.69. The number of alkyl halides is 9. The monoisotopic (exact) mass is 708 g/mol. The number of ether oxygens (including phenoxy) is 5. The van der Waals surface area contributed by atoms with Crippen LogP contribution < -0.4 is 0 Å². The van der Waals surface area contributed by atoms with Crippen LogP contribution in [0.15, 0.2) is 72.8 Å². The Hall–Kier alpha value is -5.13. The van der Waals surface area contributed by atoms with Gasteiger partial charge in [-0.05, 0) is 54.6 Å². The van der Waals surface area contributed by atoms with Gasteiger partial charge in [0.1, 0.15) is 12.7 Å². The molecule has 0 bridgehead atoms. The normalized spacial score (nSPS) is 19.6. The predicted molar refractivity (Wildman–Crippen MR) is 143 cm³/mol. The smallest absolute Gasteiger partial charge is 0.416 e. The molecule has 0 saturated carbocycles. The summed E-state index contributed by atoms with van der Waals surface area (Å²) in [5.74, 6) is -5.42. The van der Waals surface area contributed by atoms with Crippen LogP contribution in [0.3, 0.4) is 0 Å². The molecule has 0 spiro atoms. The van der Waals surface area contributed by atoms with Gasteiger partial charge in [0, 0.05) is 6.92 Å². The summed E-state index contributed by atoms with van der Waals surface area (Å²) in [7, 11) is 0. The second-order valence-electron chi connectivity index (χ2n) is 10.2. The number of benzene rings is 3. The molecule has 18 heteroatoms. The van der Waals surface area contributed by atoms with Crippen molar-refractivity contribution in [1.82, 2.24) is 0 Å². The van der Waals surface area contributed by atoms with Crippen molar-refractivity contribution in [3.63, 3.8) is 0 Å². The first kappa shape index (κ1) is 36.7. The van der Waals surface area contributed by atoms with Gasteiger partial charge >= 0.3 is 42.4 Å². The fourth-order valence-electron chi connectivity index (χ4n) is 4.44.